The number of rotatable bonds is 4. The Morgan fingerprint density at radius 1 is 1.30 bits per heavy atom. The van der Waals surface area contributed by atoms with E-state index in [0.29, 0.717) is 0 Å². The van der Waals surface area contributed by atoms with E-state index in [0.717, 1.165) is 35.4 Å². The van der Waals surface area contributed by atoms with Gasteiger partial charge in [-0.05, 0) is 31.5 Å². The molecule has 3 aromatic rings. The average Bonchev–Trinajstić information content (AvgIpc) is 3.02. The fraction of sp³-hybridized carbons (Fsp3) is 0.333. The number of anilines is 1. The predicted molar refractivity (Wildman–Crippen MR) is 84.3 cm³/mol. The SMILES string of the molecule is CCc1ccc(CNc2cnc3c(c2)c(C)nn3C)s1. The monoisotopic (exact) mass is 286 g/mol. The predicted octanol–water partition coefficient (Wildman–Crippen LogP) is 3.51. The second-order valence-corrected chi connectivity index (χ2v) is 6.13. The highest BCUT2D eigenvalue weighted by atomic mass is 32.1. The molecule has 0 unspecified atom stereocenters. The van der Waals surface area contributed by atoms with Gasteiger partial charge in [0.15, 0.2) is 5.65 Å². The number of nitrogens with zero attached hydrogens (tertiary/aromatic N) is 3. The van der Waals surface area contributed by atoms with Gasteiger partial charge in [0.25, 0.3) is 0 Å². The summed E-state index contributed by atoms with van der Waals surface area (Å²) in [7, 11) is 1.92. The molecule has 0 aromatic carbocycles. The second kappa shape index (κ2) is 5.25. The summed E-state index contributed by atoms with van der Waals surface area (Å²) in [5.74, 6) is 0. The number of aryl methyl sites for hydroxylation is 3. The van der Waals surface area contributed by atoms with Crippen LogP contribution in [0.4, 0.5) is 5.69 Å². The first-order valence-corrected chi connectivity index (χ1v) is 7.60. The molecule has 0 aliphatic rings. The minimum Gasteiger partial charge on any atom is -0.379 e. The molecule has 3 heterocycles. The molecule has 20 heavy (non-hydrogen) atoms. The van der Waals surface area contributed by atoms with Crippen molar-refractivity contribution in [2.75, 3.05) is 5.32 Å². The quantitative estimate of drug-likeness (QED) is 0.798. The van der Waals surface area contributed by atoms with E-state index in [2.05, 4.69) is 40.5 Å². The summed E-state index contributed by atoms with van der Waals surface area (Å²) in [5.41, 5.74) is 2.99. The van der Waals surface area contributed by atoms with Crippen molar-refractivity contribution in [3.05, 3.63) is 39.8 Å². The third-order valence-electron chi connectivity index (χ3n) is 3.40. The van der Waals surface area contributed by atoms with Crippen molar-refractivity contribution >= 4 is 28.1 Å². The molecule has 0 fully saturated rings. The van der Waals surface area contributed by atoms with Crippen molar-refractivity contribution in [2.24, 2.45) is 7.05 Å². The van der Waals surface area contributed by atoms with E-state index in [9.17, 15) is 0 Å². The van der Waals surface area contributed by atoms with Crippen molar-refractivity contribution in [1.29, 1.82) is 0 Å². The van der Waals surface area contributed by atoms with Gasteiger partial charge in [-0.1, -0.05) is 6.92 Å². The lowest BCUT2D eigenvalue weighted by molar-refractivity contribution is 0.774. The van der Waals surface area contributed by atoms with Crippen molar-refractivity contribution < 1.29 is 0 Å². The number of hydrogen-bond acceptors (Lipinski definition) is 4. The Bertz CT molecular complexity index is 741. The molecule has 0 bridgehead atoms. The normalized spacial score (nSPS) is 11.2. The van der Waals surface area contributed by atoms with Crippen LogP contribution in [-0.2, 0) is 20.0 Å². The standard InChI is InChI=1S/C15H18N4S/c1-4-12-5-6-13(20-12)9-16-11-7-14-10(2)18-19(3)15(14)17-8-11/h5-8,16H,4,9H2,1-3H3. The van der Waals surface area contributed by atoms with Crippen LogP contribution in [0, 0.1) is 6.92 Å². The van der Waals surface area contributed by atoms with Crippen LogP contribution in [0.5, 0.6) is 0 Å². The highest BCUT2D eigenvalue weighted by Gasteiger charge is 2.07. The summed E-state index contributed by atoms with van der Waals surface area (Å²) in [6.45, 7) is 5.05. The van der Waals surface area contributed by atoms with Crippen LogP contribution in [0.25, 0.3) is 11.0 Å². The van der Waals surface area contributed by atoms with Crippen LogP contribution in [0.1, 0.15) is 22.4 Å². The molecule has 0 aliphatic carbocycles. The number of fused-ring (bicyclic) bond motifs is 1. The molecule has 0 aliphatic heterocycles. The van der Waals surface area contributed by atoms with Crippen molar-refractivity contribution in [3.63, 3.8) is 0 Å². The van der Waals surface area contributed by atoms with Crippen LogP contribution in [-0.4, -0.2) is 14.8 Å². The molecule has 3 rings (SSSR count). The number of nitrogens with one attached hydrogen (secondary N) is 1. The molecule has 0 radical (unpaired) electrons. The van der Waals surface area contributed by atoms with E-state index in [1.807, 2.05) is 36.2 Å². The molecule has 0 amide bonds. The maximum Gasteiger partial charge on any atom is 0.157 e. The zero-order valence-corrected chi connectivity index (χ0v) is 12.8. The van der Waals surface area contributed by atoms with Crippen LogP contribution in [0.3, 0.4) is 0 Å². The largest absolute Gasteiger partial charge is 0.379 e. The highest BCUT2D eigenvalue weighted by Crippen LogP contribution is 2.21. The highest BCUT2D eigenvalue weighted by molar-refractivity contribution is 7.12. The number of hydrogen-bond donors (Lipinski definition) is 1. The van der Waals surface area contributed by atoms with Gasteiger partial charge in [0, 0.05) is 28.7 Å². The van der Waals surface area contributed by atoms with Crippen LogP contribution in [0.2, 0.25) is 0 Å². The summed E-state index contributed by atoms with van der Waals surface area (Å²) < 4.78 is 1.82. The van der Waals surface area contributed by atoms with Crippen LogP contribution >= 0.6 is 11.3 Å². The Morgan fingerprint density at radius 3 is 2.85 bits per heavy atom. The third kappa shape index (κ3) is 2.41. The molecule has 3 aromatic heterocycles. The third-order valence-corrected chi connectivity index (χ3v) is 4.63. The van der Waals surface area contributed by atoms with Crippen LogP contribution < -0.4 is 5.32 Å². The molecule has 4 nitrogen and oxygen atoms in total. The first kappa shape index (κ1) is 13.1. The first-order chi connectivity index (χ1) is 9.67. The molecule has 0 saturated heterocycles. The molecule has 5 heteroatoms. The first-order valence-electron chi connectivity index (χ1n) is 6.78. The van der Waals surface area contributed by atoms with E-state index >= 15 is 0 Å². The summed E-state index contributed by atoms with van der Waals surface area (Å²) in [4.78, 5) is 7.26. The molecule has 0 atom stereocenters. The van der Waals surface area contributed by atoms with Gasteiger partial charge in [0.2, 0.25) is 0 Å². The lowest BCUT2D eigenvalue weighted by atomic mass is 10.2. The molecule has 0 spiro atoms. The minimum atomic E-state index is 0.844. The van der Waals surface area contributed by atoms with Gasteiger partial charge in [-0.3, -0.25) is 4.68 Å². The van der Waals surface area contributed by atoms with Gasteiger partial charge in [-0.2, -0.15) is 5.10 Å². The fourth-order valence-corrected chi connectivity index (χ4v) is 3.20. The van der Waals surface area contributed by atoms with Crippen LogP contribution in [0.15, 0.2) is 24.4 Å². The molecule has 0 saturated carbocycles. The van der Waals surface area contributed by atoms with E-state index in [1.54, 1.807) is 0 Å². The van der Waals surface area contributed by atoms with Crippen molar-refractivity contribution in [1.82, 2.24) is 14.8 Å². The zero-order valence-electron chi connectivity index (χ0n) is 12.0. The average molecular weight is 286 g/mol. The Labute approximate surface area is 122 Å². The maximum absolute atomic E-state index is 4.48. The molecule has 104 valence electrons. The van der Waals surface area contributed by atoms with Gasteiger partial charge < -0.3 is 5.32 Å². The fourth-order valence-electron chi connectivity index (χ4n) is 2.30. The van der Waals surface area contributed by atoms with E-state index < -0.39 is 0 Å². The summed E-state index contributed by atoms with van der Waals surface area (Å²) >= 11 is 1.86. The summed E-state index contributed by atoms with van der Waals surface area (Å²) in [5, 5.41) is 8.94. The zero-order chi connectivity index (χ0) is 14.1. The van der Waals surface area contributed by atoms with E-state index in [1.165, 1.54) is 9.75 Å². The van der Waals surface area contributed by atoms with Gasteiger partial charge in [0.05, 0.1) is 17.6 Å². The Balaban J connectivity index is 1.79. The molecule has 1 N–H and O–H groups in total. The minimum absolute atomic E-state index is 0.844. The molecular weight excluding hydrogens is 268 g/mol. The van der Waals surface area contributed by atoms with E-state index in [4.69, 9.17) is 0 Å². The number of pyridine rings is 1. The number of aromatic nitrogens is 3. The Hall–Kier alpha value is -1.88. The summed E-state index contributed by atoms with van der Waals surface area (Å²) in [6.07, 6.45) is 2.98. The lowest BCUT2D eigenvalue weighted by Crippen LogP contribution is -1.98. The summed E-state index contributed by atoms with van der Waals surface area (Å²) in [6, 6.07) is 6.52. The van der Waals surface area contributed by atoms with Gasteiger partial charge in [-0.25, -0.2) is 4.98 Å². The number of thiophene rings is 1. The van der Waals surface area contributed by atoms with E-state index in [-0.39, 0.29) is 0 Å². The van der Waals surface area contributed by atoms with Crippen molar-refractivity contribution in [2.45, 2.75) is 26.8 Å². The maximum atomic E-state index is 4.48. The smallest absolute Gasteiger partial charge is 0.157 e. The second-order valence-electron chi connectivity index (χ2n) is 4.88. The molecular formula is C15H18N4S. The lowest BCUT2D eigenvalue weighted by Gasteiger charge is -2.04. The van der Waals surface area contributed by atoms with Gasteiger partial charge in [-0.15, -0.1) is 11.3 Å². The van der Waals surface area contributed by atoms with Gasteiger partial charge >= 0.3 is 0 Å². The Kier molecular flexibility index (Phi) is 3.44. The van der Waals surface area contributed by atoms with Gasteiger partial charge in [0.1, 0.15) is 0 Å². The van der Waals surface area contributed by atoms with Crippen molar-refractivity contribution in [3.8, 4) is 0 Å². The Morgan fingerprint density at radius 2 is 2.10 bits per heavy atom. The topological polar surface area (TPSA) is 42.7 Å².